The second-order valence-electron chi connectivity index (χ2n) is 3.84. The van der Waals surface area contributed by atoms with Crippen molar-refractivity contribution < 1.29 is 22.6 Å². The number of benzene rings is 1. The van der Waals surface area contributed by atoms with Gasteiger partial charge in [-0.25, -0.2) is 0 Å². The van der Waals surface area contributed by atoms with Gasteiger partial charge in [-0.15, -0.1) is 13.2 Å². The van der Waals surface area contributed by atoms with Crippen LogP contribution in [0, 0.1) is 0 Å². The van der Waals surface area contributed by atoms with Crippen LogP contribution in [0.2, 0.25) is 0 Å². The fourth-order valence-electron chi connectivity index (χ4n) is 1.36. The number of hydrogen-bond donors (Lipinski definition) is 0. The van der Waals surface area contributed by atoms with Gasteiger partial charge in [0.2, 0.25) is 0 Å². The van der Waals surface area contributed by atoms with E-state index in [2.05, 4.69) is 4.74 Å². The lowest BCUT2D eigenvalue weighted by atomic mass is 10.0. The molecule has 1 aromatic rings. The van der Waals surface area contributed by atoms with Gasteiger partial charge in [0, 0.05) is 0 Å². The molecule has 17 heavy (non-hydrogen) atoms. The number of halogens is 3. The maximum absolute atomic E-state index is 12.1. The van der Waals surface area contributed by atoms with Gasteiger partial charge >= 0.3 is 6.36 Å². The van der Waals surface area contributed by atoms with E-state index in [0.29, 0.717) is 0 Å². The molecule has 0 amide bonds. The first kappa shape index (κ1) is 13.7. The normalized spacial score (nSPS) is 11.7. The number of ether oxygens (including phenoxy) is 2. The summed E-state index contributed by atoms with van der Waals surface area (Å²) in [6, 6.07) is 4.47. The highest BCUT2D eigenvalue weighted by Crippen LogP contribution is 2.34. The first-order chi connectivity index (χ1) is 7.83. The Labute approximate surface area is 98.3 Å². The third kappa shape index (κ3) is 4.17. The molecule has 0 saturated carbocycles. The molecule has 0 heterocycles. The van der Waals surface area contributed by atoms with E-state index in [9.17, 15) is 13.2 Å². The van der Waals surface area contributed by atoms with E-state index in [-0.39, 0.29) is 24.0 Å². The first-order valence-corrected chi connectivity index (χ1v) is 5.36. The monoisotopic (exact) mass is 248 g/mol. The summed E-state index contributed by atoms with van der Waals surface area (Å²) in [5.74, 6) is 0.0360. The van der Waals surface area contributed by atoms with Gasteiger partial charge in [-0.2, -0.15) is 0 Å². The fraction of sp³-hybridized carbons (Fsp3) is 0.500. The van der Waals surface area contributed by atoms with Gasteiger partial charge in [0.05, 0.1) is 6.61 Å². The van der Waals surface area contributed by atoms with Gasteiger partial charge in [0.1, 0.15) is 0 Å². The van der Waals surface area contributed by atoms with Gasteiger partial charge in [-0.1, -0.05) is 19.9 Å². The second kappa shape index (κ2) is 5.29. The molecule has 0 aliphatic carbocycles. The van der Waals surface area contributed by atoms with Crippen molar-refractivity contribution in [3.63, 3.8) is 0 Å². The molecule has 96 valence electrons. The Morgan fingerprint density at radius 2 is 1.82 bits per heavy atom. The molecule has 1 rings (SSSR count). The summed E-state index contributed by atoms with van der Waals surface area (Å²) in [5, 5.41) is 0. The number of rotatable bonds is 4. The van der Waals surface area contributed by atoms with E-state index in [1.807, 2.05) is 13.8 Å². The van der Waals surface area contributed by atoms with Crippen LogP contribution in [0.25, 0.3) is 0 Å². The SMILES string of the molecule is CCOc1cc(C(C)C)ccc1OC(F)(F)F. The van der Waals surface area contributed by atoms with Crippen LogP contribution in [0.3, 0.4) is 0 Å². The van der Waals surface area contributed by atoms with Gasteiger partial charge in [-0.3, -0.25) is 0 Å². The minimum absolute atomic E-state index is 0.121. The molecule has 0 fully saturated rings. The standard InChI is InChI=1S/C12H15F3O2/c1-4-16-11-7-9(8(2)3)5-6-10(11)17-12(13,14)15/h5-8H,4H2,1-3H3. The fourth-order valence-corrected chi connectivity index (χ4v) is 1.36. The average Bonchev–Trinajstić information content (AvgIpc) is 2.18. The van der Waals surface area contributed by atoms with Gasteiger partial charge < -0.3 is 9.47 Å². The van der Waals surface area contributed by atoms with Crippen LogP contribution in [0.5, 0.6) is 11.5 Å². The number of alkyl halides is 3. The Morgan fingerprint density at radius 3 is 2.29 bits per heavy atom. The van der Waals surface area contributed by atoms with Crippen molar-refractivity contribution in [3.8, 4) is 11.5 Å². The van der Waals surface area contributed by atoms with Gasteiger partial charge in [0.25, 0.3) is 0 Å². The molecule has 0 N–H and O–H groups in total. The maximum Gasteiger partial charge on any atom is 0.573 e. The topological polar surface area (TPSA) is 18.5 Å². The molecule has 0 aromatic heterocycles. The predicted octanol–water partition coefficient (Wildman–Crippen LogP) is 4.11. The summed E-state index contributed by atoms with van der Waals surface area (Å²) in [6.07, 6.45) is -4.70. The summed E-state index contributed by atoms with van der Waals surface area (Å²) in [6.45, 7) is 5.90. The summed E-state index contributed by atoms with van der Waals surface area (Å²) in [7, 11) is 0. The zero-order chi connectivity index (χ0) is 13.1. The van der Waals surface area contributed by atoms with E-state index in [1.165, 1.54) is 6.07 Å². The molecule has 0 aliphatic heterocycles. The maximum atomic E-state index is 12.1. The summed E-state index contributed by atoms with van der Waals surface area (Å²) < 4.78 is 45.5. The molecule has 5 heteroatoms. The third-order valence-electron chi connectivity index (χ3n) is 2.16. The van der Waals surface area contributed by atoms with Crippen LogP contribution in [-0.2, 0) is 0 Å². The van der Waals surface area contributed by atoms with Crippen molar-refractivity contribution in [1.82, 2.24) is 0 Å². The molecule has 0 bridgehead atoms. The Kier molecular flexibility index (Phi) is 4.26. The highest BCUT2D eigenvalue weighted by molar-refractivity contribution is 5.44. The van der Waals surface area contributed by atoms with Crippen LogP contribution in [0.15, 0.2) is 18.2 Å². The summed E-state index contributed by atoms with van der Waals surface area (Å²) >= 11 is 0. The molecule has 1 aromatic carbocycles. The minimum atomic E-state index is -4.70. The average molecular weight is 248 g/mol. The van der Waals surface area contributed by atoms with E-state index in [1.54, 1.807) is 19.1 Å². The molecular weight excluding hydrogens is 233 g/mol. The van der Waals surface area contributed by atoms with Gasteiger partial charge in [-0.05, 0) is 30.5 Å². The Hall–Kier alpha value is -1.39. The van der Waals surface area contributed by atoms with E-state index >= 15 is 0 Å². The van der Waals surface area contributed by atoms with Crippen LogP contribution in [0.4, 0.5) is 13.2 Å². The van der Waals surface area contributed by atoms with Crippen molar-refractivity contribution in [3.05, 3.63) is 23.8 Å². The molecule has 0 spiro atoms. The predicted molar refractivity (Wildman–Crippen MR) is 58.4 cm³/mol. The van der Waals surface area contributed by atoms with Crippen molar-refractivity contribution in [2.45, 2.75) is 33.1 Å². The lowest BCUT2D eigenvalue weighted by Gasteiger charge is -2.15. The zero-order valence-electron chi connectivity index (χ0n) is 9.97. The van der Waals surface area contributed by atoms with Crippen LogP contribution in [0.1, 0.15) is 32.3 Å². The Balaban J connectivity index is 3.04. The van der Waals surface area contributed by atoms with Crippen LogP contribution < -0.4 is 9.47 Å². The molecule has 0 radical (unpaired) electrons. The van der Waals surface area contributed by atoms with Crippen molar-refractivity contribution in [2.24, 2.45) is 0 Å². The molecule has 0 aliphatic rings. The molecule has 0 atom stereocenters. The van der Waals surface area contributed by atoms with E-state index in [0.717, 1.165) is 5.56 Å². The van der Waals surface area contributed by atoms with Crippen molar-refractivity contribution in [1.29, 1.82) is 0 Å². The Bertz CT molecular complexity index is 373. The van der Waals surface area contributed by atoms with Crippen LogP contribution >= 0.6 is 0 Å². The quantitative estimate of drug-likeness (QED) is 0.798. The lowest BCUT2D eigenvalue weighted by molar-refractivity contribution is -0.275. The summed E-state index contributed by atoms with van der Waals surface area (Å²) in [5.41, 5.74) is 0.906. The lowest BCUT2D eigenvalue weighted by Crippen LogP contribution is -2.17. The molecule has 0 unspecified atom stereocenters. The molecular formula is C12H15F3O2. The van der Waals surface area contributed by atoms with Crippen molar-refractivity contribution in [2.75, 3.05) is 6.61 Å². The van der Waals surface area contributed by atoms with Gasteiger partial charge in [0.15, 0.2) is 11.5 Å². The third-order valence-corrected chi connectivity index (χ3v) is 2.16. The second-order valence-corrected chi connectivity index (χ2v) is 3.84. The Morgan fingerprint density at radius 1 is 1.18 bits per heavy atom. The van der Waals surface area contributed by atoms with E-state index < -0.39 is 6.36 Å². The summed E-state index contributed by atoms with van der Waals surface area (Å²) in [4.78, 5) is 0. The smallest absolute Gasteiger partial charge is 0.490 e. The molecule has 2 nitrogen and oxygen atoms in total. The first-order valence-electron chi connectivity index (χ1n) is 5.36. The van der Waals surface area contributed by atoms with Crippen LogP contribution in [-0.4, -0.2) is 13.0 Å². The largest absolute Gasteiger partial charge is 0.573 e. The number of hydrogen-bond acceptors (Lipinski definition) is 2. The zero-order valence-corrected chi connectivity index (χ0v) is 9.97. The van der Waals surface area contributed by atoms with E-state index in [4.69, 9.17) is 4.74 Å². The molecule has 0 saturated heterocycles. The van der Waals surface area contributed by atoms with Crippen molar-refractivity contribution >= 4 is 0 Å². The highest BCUT2D eigenvalue weighted by Gasteiger charge is 2.32. The minimum Gasteiger partial charge on any atom is -0.490 e. The highest BCUT2D eigenvalue weighted by atomic mass is 19.4.